The van der Waals surface area contributed by atoms with Crippen molar-refractivity contribution >= 4 is 19.8 Å². The van der Waals surface area contributed by atoms with Gasteiger partial charge in [-0.1, -0.05) is 242 Å². The molecule has 0 fully saturated rings. The molecule has 434 valence electrons. The number of ether oxygens (including phenoxy) is 2. The van der Waals surface area contributed by atoms with Crippen LogP contribution in [0.15, 0.2) is 158 Å². The zero-order chi connectivity index (χ0) is 55.9. The first kappa shape index (κ1) is 72.6. The van der Waals surface area contributed by atoms with E-state index in [0.717, 1.165) is 141 Å². The lowest BCUT2D eigenvalue weighted by molar-refractivity contribution is -0.161. The number of phosphoric ester groups is 1. The lowest BCUT2D eigenvalue weighted by atomic mass is 10.1. The van der Waals surface area contributed by atoms with Crippen molar-refractivity contribution in [2.75, 3.05) is 26.4 Å². The Labute approximate surface area is 470 Å². The molecule has 0 aliphatic rings. The van der Waals surface area contributed by atoms with Gasteiger partial charge in [0.25, 0.3) is 0 Å². The van der Waals surface area contributed by atoms with E-state index in [0.29, 0.717) is 12.8 Å². The van der Waals surface area contributed by atoms with Crippen LogP contribution in [0.3, 0.4) is 0 Å². The van der Waals surface area contributed by atoms with Gasteiger partial charge in [0, 0.05) is 19.4 Å². The number of hydrogen-bond donors (Lipinski definition) is 2. The molecule has 0 heterocycles. The van der Waals surface area contributed by atoms with Crippen molar-refractivity contribution < 1.29 is 37.6 Å². The van der Waals surface area contributed by atoms with E-state index in [1.165, 1.54) is 38.5 Å². The lowest BCUT2D eigenvalue weighted by Gasteiger charge is -2.19. The highest BCUT2D eigenvalue weighted by atomic mass is 31.2. The number of carbonyl (C=O) groups is 2. The third-order valence-corrected chi connectivity index (χ3v) is 12.9. The van der Waals surface area contributed by atoms with E-state index in [-0.39, 0.29) is 32.6 Å². The Hall–Kier alpha value is -4.37. The van der Waals surface area contributed by atoms with Crippen LogP contribution in [0.2, 0.25) is 0 Å². The third-order valence-electron chi connectivity index (χ3n) is 11.9. The highest BCUT2D eigenvalue weighted by Gasteiger charge is 2.26. The van der Waals surface area contributed by atoms with Crippen molar-refractivity contribution in [2.24, 2.45) is 5.73 Å². The summed E-state index contributed by atoms with van der Waals surface area (Å²) in [4.78, 5) is 35.2. The van der Waals surface area contributed by atoms with Gasteiger partial charge < -0.3 is 20.1 Å². The molecule has 77 heavy (non-hydrogen) atoms. The van der Waals surface area contributed by atoms with E-state index >= 15 is 0 Å². The molecule has 0 aliphatic heterocycles. The zero-order valence-electron chi connectivity index (χ0n) is 48.4. The third kappa shape index (κ3) is 60.7. The van der Waals surface area contributed by atoms with E-state index in [9.17, 15) is 19.0 Å². The van der Waals surface area contributed by atoms with Crippen LogP contribution in [0.5, 0.6) is 0 Å². The average molecular weight is 1090 g/mol. The molecule has 10 heteroatoms. The van der Waals surface area contributed by atoms with Crippen LogP contribution in [0.25, 0.3) is 0 Å². The smallest absolute Gasteiger partial charge is 0.462 e. The molecular weight excluding hydrogens is 978 g/mol. The summed E-state index contributed by atoms with van der Waals surface area (Å²) in [6, 6.07) is 0. The van der Waals surface area contributed by atoms with Gasteiger partial charge in [-0.15, -0.1) is 0 Å². The Morgan fingerprint density at radius 1 is 0.390 bits per heavy atom. The van der Waals surface area contributed by atoms with Crippen LogP contribution in [0.1, 0.15) is 219 Å². The normalized spacial score (nSPS) is 14.2. The molecule has 0 radical (unpaired) electrons. The Kier molecular flexibility index (Phi) is 57.4. The fourth-order valence-electron chi connectivity index (χ4n) is 7.56. The first-order chi connectivity index (χ1) is 37.8. The number of carbonyl (C=O) groups excluding carboxylic acids is 2. The summed E-state index contributed by atoms with van der Waals surface area (Å²) in [5.41, 5.74) is 5.38. The molecule has 9 nitrogen and oxygen atoms in total. The molecule has 3 N–H and O–H groups in total. The van der Waals surface area contributed by atoms with E-state index in [1.807, 2.05) is 0 Å². The second kappa shape index (κ2) is 60.9. The first-order valence-electron chi connectivity index (χ1n) is 30.0. The van der Waals surface area contributed by atoms with Gasteiger partial charge in [0.2, 0.25) is 0 Å². The molecule has 0 aliphatic carbocycles. The van der Waals surface area contributed by atoms with Crippen molar-refractivity contribution in [1.82, 2.24) is 0 Å². The molecule has 0 bridgehead atoms. The number of phosphoric acid groups is 1. The number of nitrogens with two attached hydrogens (primary N) is 1. The zero-order valence-corrected chi connectivity index (χ0v) is 49.3. The maximum atomic E-state index is 12.7. The van der Waals surface area contributed by atoms with Crippen LogP contribution in [-0.4, -0.2) is 49.3 Å². The number of esters is 2. The molecule has 0 amide bonds. The van der Waals surface area contributed by atoms with E-state index in [2.05, 4.69) is 172 Å². The van der Waals surface area contributed by atoms with Crippen molar-refractivity contribution in [3.63, 3.8) is 0 Å². The van der Waals surface area contributed by atoms with Crippen LogP contribution in [-0.2, 0) is 32.7 Å². The number of hydrogen-bond acceptors (Lipinski definition) is 8. The Morgan fingerprint density at radius 3 is 1.00 bits per heavy atom. The second-order valence-electron chi connectivity index (χ2n) is 19.1. The SMILES string of the molecule is CC/C=C\C/C=C\C/C=C\C/C=C\C/C=C\C/C=C\C/C=C\CCCCCCCC(=O)OC(COC(=O)CCCCCCCCCCCC/C=C\C/C=C\C/C=C\C/C=C\C/C=C\C/C=C\CC)COP(=O)(O)OCCN. The quantitative estimate of drug-likeness (QED) is 0.0264. The van der Waals surface area contributed by atoms with E-state index < -0.39 is 32.5 Å². The molecule has 0 aromatic heterocycles. The van der Waals surface area contributed by atoms with E-state index in [1.54, 1.807) is 0 Å². The first-order valence-corrected chi connectivity index (χ1v) is 31.5. The van der Waals surface area contributed by atoms with Gasteiger partial charge in [0.1, 0.15) is 6.61 Å². The Morgan fingerprint density at radius 2 is 0.675 bits per heavy atom. The van der Waals surface area contributed by atoms with Gasteiger partial charge >= 0.3 is 19.8 Å². The van der Waals surface area contributed by atoms with Crippen molar-refractivity contribution in [1.29, 1.82) is 0 Å². The van der Waals surface area contributed by atoms with Crippen molar-refractivity contribution in [3.8, 4) is 0 Å². The standard InChI is InChI=1S/C67H108NO8P/c1-3-5-7-9-11-13-15-17-19-21-23-25-27-29-31-32-34-35-37-39-41-43-45-47-49-51-53-55-57-59-66(69)73-63-65(64-75-77(71,72)74-62-61-68)76-67(70)60-58-56-54-52-50-48-46-44-42-40-38-36-33-30-28-26-24-22-20-18-16-14-12-10-8-6-4-2/h5-8,11-14,17-20,23-26,29-31,33-35,38,40,44,46,65H,3-4,9-10,15-16,21-22,27-28,32,36-37,39,41-43,45,47-64,68H2,1-2H3,(H,71,72)/b7-5-,8-6-,13-11-,14-12-,19-17-,20-18-,25-23-,26-24-,31-29-,33-30-,35-34-,40-38-,46-44-. The topological polar surface area (TPSA) is 134 Å². The average Bonchev–Trinajstić information content (AvgIpc) is 3.42. The summed E-state index contributed by atoms with van der Waals surface area (Å²) >= 11 is 0. The van der Waals surface area contributed by atoms with Gasteiger partial charge in [-0.3, -0.25) is 18.6 Å². The maximum absolute atomic E-state index is 12.7. The summed E-state index contributed by atoms with van der Waals surface area (Å²) in [6.45, 7) is 3.47. The van der Waals surface area contributed by atoms with Gasteiger partial charge in [-0.05, 0) is 122 Å². The van der Waals surface area contributed by atoms with Crippen molar-refractivity contribution in [2.45, 2.75) is 225 Å². The monoisotopic (exact) mass is 1090 g/mol. The van der Waals surface area contributed by atoms with Crippen LogP contribution < -0.4 is 5.73 Å². The molecular formula is C67H108NO8P. The lowest BCUT2D eigenvalue weighted by Crippen LogP contribution is -2.29. The molecule has 2 unspecified atom stereocenters. The number of rotatable bonds is 54. The van der Waals surface area contributed by atoms with Gasteiger partial charge in [-0.2, -0.15) is 0 Å². The fourth-order valence-corrected chi connectivity index (χ4v) is 8.32. The molecule has 0 spiro atoms. The second-order valence-corrected chi connectivity index (χ2v) is 20.6. The minimum atomic E-state index is -4.41. The number of unbranched alkanes of at least 4 members (excludes halogenated alkanes) is 15. The molecule has 0 saturated heterocycles. The molecule has 0 saturated carbocycles. The highest BCUT2D eigenvalue weighted by molar-refractivity contribution is 7.47. The Balaban J connectivity index is 4.08. The summed E-state index contributed by atoms with van der Waals surface area (Å²) in [5.74, 6) is -0.867. The summed E-state index contributed by atoms with van der Waals surface area (Å²) in [6.07, 6.45) is 88.6. The van der Waals surface area contributed by atoms with Gasteiger partial charge in [0.15, 0.2) is 6.10 Å². The minimum Gasteiger partial charge on any atom is -0.462 e. The number of allylic oxidation sites excluding steroid dienone is 26. The van der Waals surface area contributed by atoms with Crippen LogP contribution in [0.4, 0.5) is 0 Å². The van der Waals surface area contributed by atoms with Crippen molar-refractivity contribution in [3.05, 3.63) is 158 Å². The predicted octanol–water partition coefficient (Wildman–Crippen LogP) is 19.3. The molecule has 0 rings (SSSR count). The highest BCUT2D eigenvalue weighted by Crippen LogP contribution is 2.43. The predicted molar refractivity (Wildman–Crippen MR) is 330 cm³/mol. The molecule has 0 aromatic rings. The fraction of sp³-hybridized carbons (Fsp3) is 0.582. The largest absolute Gasteiger partial charge is 0.472 e. The van der Waals surface area contributed by atoms with E-state index in [4.69, 9.17) is 24.3 Å². The Bertz CT molecular complexity index is 1810. The maximum Gasteiger partial charge on any atom is 0.472 e. The van der Waals surface area contributed by atoms with Gasteiger partial charge in [0.05, 0.1) is 13.2 Å². The summed E-state index contributed by atoms with van der Waals surface area (Å²) < 4.78 is 33.0. The van der Waals surface area contributed by atoms with Gasteiger partial charge in [-0.25, -0.2) is 4.57 Å². The summed E-state index contributed by atoms with van der Waals surface area (Å²) in [5, 5.41) is 0. The van der Waals surface area contributed by atoms with Crippen LogP contribution >= 0.6 is 7.82 Å². The molecule has 0 aromatic carbocycles. The minimum absolute atomic E-state index is 0.0402. The molecule has 2 atom stereocenters. The summed E-state index contributed by atoms with van der Waals surface area (Å²) in [7, 11) is -4.41. The van der Waals surface area contributed by atoms with Crippen LogP contribution in [0, 0.1) is 0 Å².